The summed E-state index contributed by atoms with van der Waals surface area (Å²) in [5.74, 6) is 0.621. The standard InChI is InChI=1S/C33H34O/c1-5-26(15-16-29-18-17-28-12-9-10-14-31(28)29)30-13-8-7-11-25(21-30)22-33(34)32-20-23(3)27(6-2)19-24(32)4/h8-10,12,14-16,19-21,29H,1,6-7,11,17-18,22H2,2-4H3/b16-15+. The fourth-order valence-corrected chi connectivity index (χ4v) is 5.16. The highest BCUT2D eigenvalue weighted by molar-refractivity contribution is 5.99. The molecule has 0 saturated heterocycles. The van der Waals surface area contributed by atoms with Crippen LogP contribution in [0.1, 0.15) is 76.7 Å². The van der Waals surface area contributed by atoms with Crippen molar-refractivity contribution < 1.29 is 4.79 Å². The van der Waals surface area contributed by atoms with Crippen LogP contribution in [0.3, 0.4) is 0 Å². The van der Waals surface area contributed by atoms with Gasteiger partial charge in [-0.2, -0.15) is 0 Å². The lowest BCUT2D eigenvalue weighted by molar-refractivity contribution is 0.0991. The van der Waals surface area contributed by atoms with Crippen molar-refractivity contribution in [3.05, 3.63) is 129 Å². The van der Waals surface area contributed by atoms with E-state index in [-0.39, 0.29) is 5.78 Å². The van der Waals surface area contributed by atoms with Gasteiger partial charge in [-0.1, -0.05) is 55.5 Å². The first-order chi connectivity index (χ1) is 16.5. The molecule has 0 fully saturated rings. The van der Waals surface area contributed by atoms with Gasteiger partial charge in [0, 0.05) is 29.0 Å². The second-order valence-electron chi connectivity index (χ2n) is 9.44. The fraction of sp³-hybridized carbons (Fsp3) is 0.303. The first-order valence-electron chi connectivity index (χ1n) is 12.4. The number of carbonyl (C=O) groups is 1. The number of aryl methyl sites for hydroxylation is 4. The van der Waals surface area contributed by atoms with E-state index in [1.807, 2.05) is 6.92 Å². The molecule has 2 aliphatic carbocycles. The molecule has 0 saturated carbocycles. The van der Waals surface area contributed by atoms with Gasteiger partial charge in [0.1, 0.15) is 0 Å². The van der Waals surface area contributed by atoms with E-state index >= 15 is 0 Å². The quantitative estimate of drug-likeness (QED) is 0.238. The third-order valence-electron chi connectivity index (χ3n) is 7.12. The van der Waals surface area contributed by atoms with Crippen LogP contribution in [0.5, 0.6) is 0 Å². The second-order valence-corrected chi connectivity index (χ2v) is 9.44. The van der Waals surface area contributed by atoms with Gasteiger partial charge in [0.2, 0.25) is 0 Å². The van der Waals surface area contributed by atoms with Crippen molar-refractivity contribution in [2.45, 2.75) is 65.2 Å². The van der Waals surface area contributed by atoms with Crippen LogP contribution in [-0.2, 0) is 12.8 Å². The van der Waals surface area contributed by atoms with E-state index in [0.29, 0.717) is 12.3 Å². The zero-order valence-corrected chi connectivity index (χ0v) is 20.7. The van der Waals surface area contributed by atoms with Crippen molar-refractivity contribution in [2.24, 2.45) is 0 Å². The van der Waals surface area contributed by atoms with Gasteiger partial charge in [0.25, 0.3) is 0 Å². The molecule has 34 heavy (non-hydrogen) atoms. The van der Waals surface area contributed by atoms with Crippen LogP contribution in [0.2, 0.25) is 0 Å². The zero-order chi connectivity index (χ0) is 24.1. The van der Waals surface area contributed by atoms with Crippen molar-refractivity contribution in [1.29, 1.82) is 0 Å². The topological polar surface area (TPSA) is 17.1 Å². The Morgan fingerprint density at radius 1 is 1.18 bits per heavy atom. The predicted molar refractivity (Wildman–Crippen MR) is 142 cm³/mol. The molecule has 2 aliphatic rings. The van der Waals surface area contributed by atoms with Gasteiger partial charge in [0.05, 0.1) is 0 Å². The summed E-state index contributed by atoms with van der Waals surface area (Å²) in [5.41, 5.74) is 16.9. The summed E-state index contributed by atoms with van der Waals surface area (Å²) in [4.78, 5) is 13.2. The average molecular weight is 447 g/mol. The normalized spacial score (nSPS) is 17.1. The van der Waals surface area contributed by atoms with Gasteiger partial charge in [-0.3, -0.25) is 4.79 Å². The first kappa shape index (κ1) is 23.8. The molecule has 2 aromatic carbocycles. The maximum atomic E-state index is 13.2. The van der Waals surface area contributed by atoms with Crippen LogP contribution in [-0.4, -0.2) is 5.78 Å². The van der Waals surface area contributed by atoms with Crippen molar-refractivity contribution in [2.75, 3.05) is 0 Å². The first-order valence-corrected chi connectivity index (χ1v) is 12.4. The lowest BCUT2D eigenvalue weighted by Gasteiger charge is -2.12. The van der Waals surface area contributed by atoms with Crippen molar-refractivity contribution >= 4 is 5.78 Å². The maximum Gasteiger partial charge on any atom is 0.167 e. The van der Waals surface area contributed by atoms with Crippen LogP contribution < -0.4 is 0 Å². The number of rotatable bonds is 7. The Kier molecular flexibility index (Phi) is 7.49. The van der Waals surface area contributed by atoms with E-state index in [1.54, 1.807) is 0 Å². The molecule has 4 rings (SSSR count). The molecule has 1 nitrogen and oxygen atoms in total. The third-order valence-corrected chi connectivity index (χ3v) is 7.12. The molecule has 0 N–H and O–H groups in total. The lowest BCUT2D eigenvalue weighted by Crippen LogP contribution is -2.05. The van der Waals surface area contributed by atoms with Gasteiger partial charge >= 0.3 is 0 Å². The van der Waals surface area contributed by atoms with Gasteiger partial charge in [-0.05, 0) is 98.1 Å². The lowest BCUT2D eigenvalue weighted by atomic mass is 9.92. The van der Waals surface area contributed by atoms with Crippen LogP contribution in [0.25, 0.3) is 0 Å². The van der Waals surface area contributed by atoms with Crippen LogP contribution in [0.4, 0.5) is 0 Å². The zero-order valence-electron chi connectivity index (χ0n) is 20.7. The fourth-order valence-electron chi connectivity index (χ4n) is 5.16. The molecule has 172 valence electrons. The Hall–Kier alpha value is -3.37. The summed E-state index contributed by atoms with van der Waals surface area (Å²) in [7, 11) is 0. The van der Waals surface area contributed by atoms with Gasteiger partial charge < -0.3 is 0 Å². The SMILES string of the molecule is C=C=C(/C=C/C1CCc2ccccc21)C1=C=CCCC(CC(=O)c2cc(C)c(CC)cc2C)=C1. The van der Waals surface area contributed by atoms with Crippen LogP contribution in [0, 0.1) is 13.8 Å². The molecular weight excluding hydrogens is 412 g/mol. The Morgan fingerprint density at radius 2 is 2.00 bits per heavy atom. The number of carbonyl (C=O) groups excluding carboxylic acids is 1. The van der Waals surface area contributed by atoms with E-state index in [1.165, 1.54) is 22.3 Å². The highest BCUT2D eigenvalue weighted by Gasteiger charge is 2.19. The third kappa shape index (κ3) is 5.23. The number of Topliss-reactive ketones (excluding diaryl/α,β-unsaturated/α-hetero) is 1. The molecule has 2 aromatic rings. The highest BCUT2D eigenvalue weighted by atomic mass is 16.1. The van der Waals surface area contributed by atoms with Crippen LogP contribution >= 0.6 is 0 Å². The Labute approximate surface area is 204 Å². The van der Waals surface area contributed by atoms with Crippen molar-refractivity contribution in [1.82, 2.24) is 0 Å². The average Bonchev–Trinajstić information content (AvgIpc) is 3.11. The summed E-state index contributed by atoms with van der Waals surface area (Å²) >= 11 is 0. The minimum Gasteiger partial charge on any atom is -0.294 e. The molecule has 1 unspecified atom stereocenters. The predicted octanol–water partition coefficient (Wildman–Crippen LogP) is 8.24. The van der Waals surface area contributed by atoms with E-state index in [2.05, 4.69) is 92.6 Å². The van der Waals surface area contributed by atoms with E-state index in [0.717, 1.165) is 60.0 Å². The molecule has 0 amide bonds. The monoisotopic (exact) mass is 446 g/mol. The highest BCUT2D eigenvalue weighted by Crippen LogP contribution is 2.34. The van der Waals surface area contributed by atoms with E-state index in [4.69, 9.17) is 0 Å². The molecule has 0 aliphatic heterocycles. The number of benzene rings is 2. The van der Waals surface area contributed by atoms with Gasteiger partial charge in [-0.25, -0.2) is 0 Å². The molecule has 0 aromatic heterocycles. The molecule has 1 atom stereocenters. The molecule has 0 spiro atoms. The van der Waals surface area contributed by atoms with Crippen molar-refractivity contribution in [3.8, 4) is 0 Å². The summed E-state index contributed by atoms with van der Waals surface area (Å²) < 4.78 is 0. The van der Waals surface area contributed by atoms with Gasteiger partial charge in [0.15, 0.2) is 5.78 Å². The molecular formula is C33H34O. The molecule has 0 bridgehead atoms. The Morgan fingerprint density at radius 3 is 2.79 bits per heavy atom. The largest absolute Gasteiger partial charge is 0.294 e. The summed E-state index contributed by atoms with van der Waals surface area (Å²) in [6.07, 6.45) is 14.1. The molecule has 1 heteroatoms. The molecule has 0 heterocycles. The minimum absolute atomic E-state index is 0.193. The maximum absolute atomic E-state index is 13.2. The smallest absolute Gasteiger partial charge is 0.167 e. The van der Waals surface area contributed by atoms with E-state index in [9.17, 15) is 4.79 Å². The summed E-state index contributed by atoms with van der Waals surface area (Å²) in [6.45, 7) is 10.2. The summed E-state index contributed by atoms with van der Waals surface area (Å²) in [6, 6.07) is 12.9. The Balaban J connectivity index is 1.53. The molecule has 0 radical (unpaired) electrons. The number of hydrogen-bond donors (Lipinski definition) is 0. The number of fused-ring (bicyclic) bond motifs is 1. The van der Waals surface area contributed by atoms with Gasteiger partial charge in [-0.15, -0.1) is 11.5 Å². The summed E-state index contributed by atoms with van der Waals surface area (Å²) in [5, 5.41) is 0. The minimum atomic E-state index is 0.193. The number of allylic oxidation sites excluding steroid dienone is 6. The number of ketones is 1. The Bertz CT molecular complexity index is 1280. The van der Waals surface area contributed by atoms with Crippen molar-refractivity contribution in [3.63, 3.8) is 0 Å². The van der Waals surface area contributed by atoms with E-state index < -0.39 is 0 Å². The van der Waals surface area contributed by atoms with Crippen LogP contribution in [0.15, 0.2) is 95.5 Å². The number of hydrogen-bond acceptors (Lipinski definition) is 1. The second kappa shape index (κ2) is 10.7.